The van der Waals surface area contributed by atoms with Crippen LogP contribution in [0.2, 0.25) is 0 Å². The summed E-state index contributed by atoms with van der Waals surface area (Å²) < 4.78 is 0. The van der Waals surface area contributed by atoms with Crippen molar-refractivity contribution in [3.63, 3.8) is 0 Å². The van der Waals surface area contributed by atoms with Crippen molar-refractivity contribution in [1.29, 1.82) is 0 Å². The molecule has 1 aliphatic rings. The Kier molecular flexibility index (Phi) is 3.74. The molecule has 0 aliphatic carbocycles. The summed E-state index contributed by atoms with van der Waals surface area (Å²) in [6, 6.07) is 0.705. The molecule has 78 valence electrons. The summed E-state index contributed by atoms with van der Waals surface area (Å²) >= 11 is 0. The molecule has 0 aromatic carbocycles. The van der Waals surface area contributed by atoms with E-state index in [1.165, 1.54) is 19.4 Å². The van der Waals surface area contributed by atoms with Gasteiger partial charge in [0.05, 0.1) is 0 Å². The van der Waals surface area contributed by atoms with Gasteiger partial charge in [-0.3, -0.25) is 4.90 Å². The fraction of sp³-hybridized carbons (Fsp3) is 1.00. The molecule has 0 saturated carbocycles. The van der Waals surface area contributed by atoms with Crippen molar-refractivity contribution in [1.82, 2.24) is 4.90 Å². The van der Waals surface area contributed by atoms with Crippen LogP contribution in [-0.4, -0.2) is 34.7 Å². The number of likely N-dealkylation sites (tertiary alicyclic amines) is 1. The van der Waals surface area contributed by atoms with Crippen LogP contribution in [0.4, 0.5) is 0 Å². The third kappa shape index (κ3) is 2.23. The monoisotopic (exact) mass is 185 g/mol. The van der Waals surface area contributed by atoms with Gasteiger partial charge in [-0.25, -0.2) is 0 Å². The molecule has 2 atom stereocenters. The third-order valence-electron chi connectivity index (χ3n) is 3.66. The van der Waals surface area contributed by atoms with Crippen LogP contribution in [0.5, 0.6) is 0 Å². The summed E-state index contributed by atoms with van der Waals surface area (Å²) in [5.74, 6) is 0. The number of aliphatic hydroxyl groups excluding tert-OH is 1. The zero-order valence-electron chi connectivity index (χ0n) is 9.21. The van der Waals surface area contributed by atoms with Gasteiger partial charge in [-0.1, -0.05) is 6.92 Å². The fourth-order valence-corrected chi connectivity index (χ4v) is 2.50. The molecule has 1 rings (SSSR count). The average molecular weight is 185 g/mol. The number of rotatable bonds is 4. The van der Waals surface area contributed by atoms with E-state index < -0.39 is 0 Å². The Labute approximate surface area is 81.9 Å². The van der Waals surface area contributed by atoms with E-state index in [2.05, 4.69) is 25.7 Å². The quantitative estimate of drug-likeness (QED) is 0.724. The highest BCUT2D eigenvalue weighted by molar-refractivity contribution is 4.91. The first-order chi connectivity index (χ1) is 6.14. The predicted molar refractivity (Wildman–Crippen MR) is 55.8 cm³/mol. The molecule has 13 heavy (non-hydrogen) atoms. The zero-order valence-corrected chi connectivity index (χ0v) is 9.21. The fourth-order valence-electron chi connectivity index (χ4n) is 2.50. The molecule has 0 bridgehead atoms. The van der Waals surface area contributed by atoms with Crippen molar-refractivity contribution in [2.24, 2.45) is 0 Å². The smallest absolute Gasteiger partial charge is 0.0448 e. The second kappa shape index (κ2) is 4.43. The molecular formula is C11H23NO. The maximum Gasteiger partial charge on any atom is 0.0448 e. The molecule has 2 nitrogen and oxygen atoms in total. The molecule has 2 unspecified atom stereocenters. The standard InChI is InChI=1S/C11H23NO/c1-4-11(3,7-9-13)12-8-5-6-10(12)2/h10,13H,4-9H2,1-3H3. The lowest BCUT2D eigenvalue weighted by Crippen LogP contribution is -2.48. The molecule has 1 aliphatic heterocycles. The van der Waals surface area contributed by atoms with Gasteiger partial charge < -0.3 is 5.11 Å². The Morgan fingerprint density at radius 2 is 2.23 bits per heavy atom. The Morgan fingerprint density at radius 1 is 1.54 bits per heavy atom. The van der Waals surface area contributed by atoms with Crippen LogP contribution >= 0.6 is 0 Å². The van der Waals surface area contributed by atoms with Crippen molar-refractivity contribution in [2.45, 2.75) is 58.0 Å². The van der Waals surface area contributed by atoms with Gasteiger partial charge in [0.25, 0.3) is 0 Å². The van der Waals surface area contributed by atoms with Gasteiger partial charge in [-0.15, -0.1) is 0 Å². The van der Waals surface area contributed by atoms with E-state index in [9.17, 15) is 0 Å². The summed E-state index contributed by atoms with van der Waals surface area (Å²) in [5.41, 5.74) is 0.227. The zero-order chi connectivity index (χ0) is 9.90. The molecule has 0 aromatic rings. The summed E-state index contributed by atoms with van der Waals surface area (Å²) in [6.07, 6.45) is 4.69. The van der Waals surface area contributed by atoms with E-state index in [4.69, 9.17) is 5.11 Å². The first-order valence-electron chi connectivity index (χ1n) is 5.51. The Bertz CT molecular complexity index is 160. The van der Waals surface area contributed by atoms with Gasteiger partial charge in [0.15, 0.2) is 0 Å². The van der Waals surface area contributed by atoms with E-state index in [1.807, 2.05) is 0 Å². The summed E-state index contributed by atoms with van der Waals surface area (Å²) in [7, 11) is 0. The number of hydrogen-bond donors (Lipinski definition) is 1. The number of nitrogens with zero attached hydrogens (tertiary/aromatic N) is 1. The van der Waals surface area contributed by atoms with Gasteiger partial charge in [-0.2, -0.15) is 0 Å². The summed E-state index contributed by atoms with van der Waals surface area (Å²) in [5, 5.41) is 9.05. The van der Waals surface area contributed by atoms with E-state index in [0.29, 0.717) is 12.6 Å². The number of aliphatic hydroxyl groups is 1. The van der Waals surface area contributed by atoms with Gasteiger partial charge in [0, 0.05) is 18.2 Å². The third-order valence-corrected chi connectivity index (χ3v) is 3.66. The van der Waals surface area contributed by atoms with Crippen molar-refractivity contribution >= 4 is 0 Å². The first-order valence-corrected chi connectivity index (χ1v) is 5.51. The molecule has 1 heterocycles. The van der Waals surface area contributed by atoms with Crippen LogP contribution in [0.1, 0.15) is 46.5 Å². The minimum Gasteiger partial charge on any atom is -0.396 e. The number of hydrogen-bond acceptors (Lipinski definition) is 2. The van der Waals surface area contributed by atoms with Crippen LogP contribution in [0, 0.1) is 0 Å². The minimum atomic E-state index is 0.227. The van der Waals surface area contributed by atoms with E-state index >= 15 is 0 Å². The van der Waals surface area contributed by atoms with Crippen LogP contribution in [0.15, 0.2) is 0 Å². The maximum absolute atomic E-state index is 9.05. The highest BCUT2D eigenvalue weighted by Gasteiger charge is 2.35. The molecule has 0 radical (unpaired) electrons. The average Bonchev–Trinajstić information content (AvgIpc) is 2.52. The van der Waals surface area contributed by atoms with Gasteiger partial charge in [0.2, 0.25) is 0 Å². The first kappa shape index (κ1) is 11.0. The van der Waals surface area contributed by atoms with E-state index in [-0.39, 0.29) is 5.54 Å². The molecule has 0 aromatic heterocycles. The maximum atomic E-state index is 9.05. The molecule has 1 saturated heterocycles. The largest absolute Gasteiger partial charge is 0.396 e. The summed E-state index contributed by atoms with van der Waals surface area (Å²) in [4.78, 5) is 2.57. The highest BCUT2D eigenvalue weighted by atomic mass is 16.3. The van der Waals surface area contributed by atoms with Crippen LogP contribution in [0.25, 0.3) is 0 Å². The minimum absolute atomic E-state index is 0.227. The molecule has 1 fully saturated rings. The summed E-state index contributed by atoms with van der Waals surface area (Å²) in [6.45, 7) is 8.34. The Hall–Kier alpha value is -0.0800. The highest BCUT2D eigenvalue weighted by Crippen LogP contribution is 2.31. The molecule has 2 heteroatoms. The van der Waals surface area contributed by atoms with Crippen molar-refractivity contribution in [3.8, 4) is 0 Å². The Balaban J connectivity index is 2.63. The topological polar surface area (TPSA) is 23.5 Å². The molecule has 1 N–H and O–H groups in total. The Morgan fingerprint density at radius 3 is 2.62 bits per heavy atom. The van der Waals surface area contributed by atoms with E-state index in [0.717, 1.165) is 12.8 Å². The van der Waals surface area contributed by atoms with Crippen molar-refractivity contribution in [3.05, 3.63) is 0 Å². The second-order valence-electron chi connectivity index (χ2n) is 4.51. The second-order valence-corrected chi connectivity index (χ2v) is 4.51. The SMILES string of the molecule is CCC(C)(CCO)N1CCCC1C. The lowest BCUT2D eigenvalue weighted by atomic mass is 9.92. The van der Waals surface area contributed by atoms with Crippen molar-refractivity contribution < 1.29 is 5.11 Å². The normalized spacial score (nSPS) is 29.1. The van der Waals surface area contributed by atoms with Crippen molar-refractivity contribution in [2.75, 3.05) is 13.2 Å². The molecule has 0 spiro atoms. The van der Waals surface area contributed by atoms with E-state index in [1.54, 1.807) is 0 Å². The van der Waals surface area contributed by atoms with Gasteiger partial charge in [0.1, 0.15) is 0 Å². The predicted octanol–water partition coefficient (Wildman–Crippen LogP) is 2.02. The van der Waals surface area contributed by atoms with Crippen LogP contribution in [-0.2, 0) is 0 Å². The molecular weight excluding hydrogens is 162 g/mol. The lowest BCUT2D eigenvalue weighted by molar-refractivity contribution is 0.0653. The lowest BCUT2D eigenvalue weighted by Gasteiger charge is -2.41. The van der Waals surface area contributed by atoms with Gasteiger partial charge in [-0.05, 0) is 46.1 Å². The van der Waals surface area contributed by atoms with Crippen LogP contribution in [0.3, 0.4) is 0 Å². The van der Waals surface area contributed by atoms with Gasteiger partial charge >= 0.3 is 0 Å². The van der Waals surface area contributed by atoms with Crippen LogP contribution < -0.4 is 0 Å². The molecule has 0 amide bonds.